The monoisotopic (exact) mass is 478 g/mol. The molecule has 0 aliphatic heterocycles. The molecule has 0 saturated heterocycles. The Labute approximate surface area is 186 Å². The average molecular weight is 479 g/mol. The van der Waals surface area contributed by atoms with E-state index >= 15 is 0 Å². The second-order valence-corrected chi connectivity index (χ2v) is 8.83. The highest BCUT2D eigenvalue weighted by Crippen LogP contribution is 2.34. The molecule has 4 aromatic rings. The lowest BCUT2D eigenvalue weighted by molar-refractivity contribution is -0.137. The van der Waals surface area contributed by atoms with E-state index in [-0.39, 0.29) is 16.5 Å². The maximum absolute atomic E-state index is 12.9. The van der Waals surface area contributed by atoms with Crippen LogP contribution in [-0.2, 0) is 16.2 Å². The van der Waals surface area contributed by atoms with E-state index in [0.29, 0.717) is 11.8 Å². The maximum atomic E-state index is 12.9. The van der Waals surface area contributed by atoms with Gasteiger partial charge in [0.05, 0.1) is 26.7 Å². The van der Waals surface area contributed by atoms with Crippen LogP contribution < -0.4 is 9.46 Å². The van der Waals surface area contributed by atoms with Crippen LogP contribution >= 0.6 is 11.6 Å². The van der Waals surface area contributed by atoms with Crippen LogP contribution in [0.15, 0.2) is 83.9 Å². The zero-order chi connectivity index (χ0) is 22.9. The van der Waals surface area contributed by atoms with Crippen LogP contribution in [0.3, 0.4) is 0 Å². The lowest BCUT2D eigenvalue weighted by atomic mass is 10.2. The molecule has 3 aromatic carbocycles. The van der Waals surface area contributed by atoms with E-state index < -0.39 is 26.7 Å². The van der Waals surface area contributed by atoms with Crippen LogP contribution in [0.2, 0.25) is 5.02 Å². The zero-order valence-corrected chi connectivity index (χ0v) is 17.7. The van der Waals surface area contributed by atoms with Crippen molar-refractivity contribution >= 4 is 38.2 Å². The normalized spacial score (nSPS) is 12.0. The summed E-state index contributed by atoms with van der Waals surface area (Å²) in [4.78, 5) is 3.71. The molecule has 0 atom stereocenters. The number of anilines is 1. The Hall–Kier alpha value is -3.30. The molecule has 0 aliphatic carbocycles. The molecule has 5 nitrogen and oxygen atoms in total. The van der Waals surface area contributed by atoms with Gasteiger partial charge in [0.2, 0.25) is 0 Å². The predicted molar refractivity (Wildman–Crippen MR) is 116 cm³/mol. The fourth-order valence-corrected chi connectivity index (χ4v) is 4.26. The molecule has 0 radical (unpaired) electrons. The Morgan fingerprint density at radius 1 is 0.938 bits per heavy atom. The van der Waals surface area contributed by atoms with Crippen LogP contribution in [-0.4, -0.2) is 13.4 Å². The molecule has 1 aromatic heterocycles. The minimum absolute atomic E-state index is 0.0717. The van der Waals surface area contributed by atoms with Gasteiger partial charge in [0.25, 0.3) is 10.0 Å². The van der Waals surface area contributed by atoms with E-state index in [0.717, 1.165) is 29.1 Å². The van der Waals surface area contributed by atoms with E-state index in [2.05, 4.69) is 9.71 Å². The maximum Gasteiger partial charge on any atom is 0.416 e. The quantitative estimate of drug-likeness (QED) is 0.355. The van der Waals surface area contributed by atoms with E-state index in [1.807, 2.05) is 6.07 Å². The van der Waals surface area contributed by atoms with Gasteiger partial charge in [-0.15, -0.1) is 0 Å². The Kier molecular flexibility index (Phi) is 5.70. The molecular weight excluding hydrogens is 465 g/mol. The van der Waals surface area contributed by atoms with E-state index in [1.54, 1.807) is 30.5 Å². The van der Waals surface area contributed by atoms with Crippen molar-refractivity contribution in [1.29, 1.82) is 0 Å². The largest absolute Gasteiger partial charge is 0.456 e. The van der Waals surface area contributed by atoms with Crippen molar-refractivity contribution in [3.05, 3.63) is 89.6 Å². The van der Waals surface area contributed by atoms with Crippen LogP contribution in [0, 0.1) is 0 Å². The van der Waals surface area contributed by atoms with Crippen molar-refractivity contribution in [3.63, 3.8) is 0 Å². The first kappa shape index (κ1) is 21.9. The van der Waals surface area contributed by atoms with Gasteiger partial charge < -0.3 is 4.74 Å². The Bertz CT molecular complexity index is 1410. The van der Waals surface area contributed by atoms with E-state index in [9.17, 15) is 21.6 Å². The van der Waals surface area contributed by atoms with Gasteiger partial charge in [0.15, 0.2) is 0 Å². The number of alkyl halides is 3. The molecule has 0 aliphatic rings. The molecule has 1 N–H and O–H groups in total. The standard InChI is InChI=1S/C22H14ClF3N2O3S/c23-19-13-16(28-32(29,30)18-5-1-4-15(12-18)22(24,25)26)6-9-21(19)31-17-7-8-20-14(11-17)3-2-10-27-20/h1-13,28H. The highest BCUT2D eigenvalue weighted by atomic mass is 35.5. The fourth-order valence-electron chi connectivity index (χ4n) is 2.94. The lowest BCUT2D eigenvalue weighted by Gasteiger charge is -2.13. The molecule has 164 valence electrons. The van der Waals surface area contributed by atoms with Gasteiger partial charge in [-0.1, -0.05) is 23.7 Å². The molecule has 4 rings (SSSR count). The number of fused-ring (bicyclic) bond motifs is 1. The lowest BCUT2D eigenvalue weighted by Crippen LogP contribution is -2.14. The summed E-state index contributed by atoms with van der Waals surface area (Å²) in [5, 5.41) is 0.979. The van der Waals surface area contributed by atoms with Crippen molar-refractivity contribution in [1.82, 2.24) is 4.98 Å². The number of nitrogens with zero attached hydrogens (tertiary/aromatic N) is 1. The summed E-state index contributed by atoms with van der Waals surface area (Å²) in [6.45, 7) is 0. The third-order valence-electron chi connectivity index (χ3n) is 4.46. The summed E-state index contributed by atoms with van der Waals surface area (Å²) >= 11 is 6.24. The minimum atomic E-state index is -4.66. The molecule has 32 heavy (non-hydrogen) atoms. The summed E-state index contributed by atoms with van der Waals surface area (Å²) in [5.41, 5.74) is -0.194. The number of benzene rings is 3. The Morgan fingerprint density at radius 2 is 1.75 bits per heavy atom. The summed E-state index contributed by atoms with van der Waals surface area (Å²) in [5.74, 6) is 0.779. The first-order valence-corrected chi connectivity index (χ1v) is 11.0. The number of aromatic nitrogens is 1. The van der Waals surface area contributed by atoms with Crippen LogP contribution in [0.5, 0.6) is 11.5 Å². The van der Waals surface area contributed by atoms with Gasteiger partial charge in [-0.2, -0.15) is 13.2 Å². The second kappa shape index (κ2) is 8.33. The summed E-state index contributed by atoms with van der Waals surface area (Å²) < 4.78 is 71.8. The average Bonchev–Trinajstić information content (AvgIpc) is 2.75. The third kappa shape index (κ3) is 4.79. The van der Waals surface area contributed by atoms with E-state index in [1.165, 1.54) is 18.2 Å². The molecule has 0 saturated carbocycles. The Morgan fingerprint density at radius 3 is 2.50 bits per heavy atom. The summed E-state index contributed by atoms with van der Waals surface area (Å²) in [6, 6.07) is 16.6. The number of ether oxygens (including phenoxy) is 1. The van der Waals surface area contributed by atoms with Gasteiger partial charge >= 0.3 is 6.18 Å². The van der Waals surface area contributed by atoms with Gasteiger partial charge in [0, 0.05) is 11.6 Å². The van der Waals surface area contributed by atoms with E-state index in [4.69, 9.17) is 16.3 Å². The predicted octanol–water partition coefficient (Wildman–Crippen LogP) is 6.50. The summed E-state index contributed by atoms with van der Waals surface area (Å²) in [6.07, 6.45) is -2.98. The third-order valence-corrected chi connectivity index (χ3v) is 6.13. The number of rotatable bonds is 5. The summed E-state index contributed by atoms with van der Waals surface area (Å²) in [7, 11) is -4.27. The molecular formula is C22H14ClF3N2O3S. The number of sulfonamides is 1. The fraction of sp³-hybridized carbons (Fsp3) is 0.0455. The highest BCUT2D eigenvalue weighted by molar-refractivity contribution is 7.92. The molecule has 0 unspecified atom stereocenters. The SMILES string of the molecule is O=S(=O)(Nc1ccc(Oc2ccc3ncccc3c2)c(Cl)c1)c1cccc(C(F)(F)F)c1. The first-order valence-electron chi connectivity index (χ1n) is 9.14. The molecule has 10 heteroatoms. The molecule has 1 heterocycles. The number of hydrogen-bond donors (Lipinski definition) is 1. The van der Waals surface area contributed by atoms with Crippen molar-refractivity contribution in [2.24, 2.45) is 0 Å². The molecule has 0 spiro atoms. The number of halogens is 4. The zero-order valence-electron chi connectivity index (χ0n) is 16.1. The van der Waals surface area contributed by atoms with Gasteiger partial charge in [0.1, 0.15) is 11.5 Å². The minimum Gasteiger partial charge on any atom is -0.456 e. The smallest absolute Gasteiger partial charge is 0.416 e. The van der Waals surface area contributed by atoms with Gasteiger partial charge in [-0.25, -0.2) is 8.42 Å². The van der Waals surface area contributed by atoms with Crippen molar-refractivity contribution in [2.75, 3.05) is 4.72 Å². The van der Waals surface area contributed by atoms with Gasteiger partial charge in [-0.3, -0.25) is 9.71 Å². The van der Waals surface area contributed by atoms with Crippen LogP contribution in [0.25, 0.3) is 10.9 Å². The van der Waals surface area contributed by atoms with Crippen LogP contribution in [0.4, 0.5) is 18.9 Å². The second-order valence-electron chi connectivity index (χ2n) is 6.74. The number of pyridine rings is 1. The van der Waals surface area contributed by atoms with Crippen LogP contribution in [0.1, 0.15) is 5.56 Å². The topological polar surface area (TPSA) is 68.3 Å². The van der Waals surface area contributed by atoms with Crippen molar-refractivity contribution in [2.45, 2.75) is 11.1 Å². The van der Waals surface area contributed by atoms with Crippen molar-refractivity contribution in [3.8, 4) is 11.5 Å². The molecule has 0 fully saturated rings. The molecule has 0 bridgehead atoms. The Balaban J connectivity index is 1.55. The highest BCUT2D eigenvalue weighted by Gasteiger charge is 2.31. The number of hydrogen-bond acceptors (Lipinski definition) is 4. The number of nitrogens with one attached hydrogen (secondary N) is 1. The van der Waals surface area contributed by atoms with Gasteiger partial charge in [-0.05, 0) is 60.7 Å². The molecule has 0 amide bonds. The van der Waals surface area contributed by atoms with Crippen molar-refractivity contribution < 1.29 is 26.3 Å². The first-order chi connectivity index (χ1) is 15.1.